The molecule has 0 aliphatic carbocycles. The Balaban J connectivity index is 2.00. The highest BCUT2D eigenvalue weighted by molar-refractivity contribution is 7.91. The van der Waals surface area contributed by atoms with E-state index in [9.17, 15) is 13.2 Å². The highest BCUT2D eigenvalue weighted by Gasteiger charge is 2.19. The highest BCUT2D eigenvalue weighted by atomic mass is 32.2. The molecule has 0 aliphatic rings. The average molecular weight is 350 g/mol. The smallest absolute Gasteiger partial charge is 0.250 e. The second kappa shape index (κ2) is 8.05. The predicted molar refractivity (Wildman–Crippen MR) is 91.6 cm³/mol. The molecule has 0 atom stereocenters. The van der Waals surface area contributed by atoms with Gasteiger partial charge in [-0.15, -0.1) is 17.9 Å². The maximum atomic E-state index is 12.3. The molecule has 1 heterocycles. The first kappa shape index (κ1) is 17.4. The van der Waals surface area contributed by atoms with Gasteiger partial charge in [-0.2, -0.15) is 0 Å². The predicted octanol–water partition coefficient (Wildman–Crippen LogP) is 2.24. The fourth-order valence-corrected chi connectivity index (χ4v) is 3.98. The summed E-state index contributed by atoms with van der Waals surface area (Å²) in [7, 11) is -3.64. The van der Waals surface area contributed by atoms with Crippen LogP contribution in [0.4, 0.5) is 0 Å². The fraction of sp³-hybridized carbons (Fsp3) is 0.188. The number of rotatable bonds is 8. The lowest BCUT2D eigenvalue weighted by atomic mass is 10.2. The van der Waals surface area contributed by atoms with Crippen LogP contribution in [0.2, 0.25) is 0 Å². The maximum Gasteiger partial charge on any atom is 0.250 e. The SMILES string of the molecule is C=CCN(Cc1ccccc1)C(=O)CNS(=O)(=O)c1cccs1. The van der Waals surface area contributed by atoms with Gasteiger partial charge in [-0.3, -0.25) is 4.79 Å². The number of benzene rings is 1. The second-order valence-corrected chi connectivity index (χ2v) is 7.75. The van der Waals surface area contributed by atoms with Crippen molar-refractivity contribution < 1.29 is 13.2 Å². The molecule has 0 bridgehead atoms. The molecule has 5 nitrogen and oxygen atoms in total. The first-order chi connectivity index (χ1) is 11.0. The van der Waals surface area contributed by atoms with Crippen molar-refractivity contribution in [2.24, 2.45) is 0 Å². The Morgan fingerprint density at radius 3 is 2.57 bits per heavy atom. The van der Waals surface area contributed by atoms with Crippen LogP contribution in [0.1, 0.15) is 5.56 Å². The molecule has 122 valence electrons. The molecule has 0 radical (unpaired) electrons. The molecular formula is C16H18N2O3S2. The largest absolute Gasteiger partial charge is 0.334 e. The molecule has 0 saturated heterocycles. The molecule has 0 fully saturated rings. The van der Waals surface area contributed by atoms with Gasteiger partial charge in [0.15, 0.2) is 0 Å². The summed E-state index contributed by atoms with van der Waals surface area (Å²) in [5.41, 5.74) is 0.976. The van der Waals surface area contributed by atoms with E-state index >= 15 is 0 Å². The molecule has 23 heavy (non-hydrogen) atoms. The monoisotopic (exact) mass is 350 g/mol. The van der Waals surface area contributed by atoms with Gasteiger partial charge in [0.05, 0.1) is 6.54 Å². The third-order valence-corrected chi connectivity index (χ3v) is 5.89. The van der Waals surface area contributed by atoms with E-state index in [2.05, 4.69) is 11.3 Å². The number of sulfonamides is 1. The minimum absolute atomic E-state index is 0.198. The zero-order valence-electron chi connectivity index (χ0n) is 12.5. The van der Waals surface area contributed by atoms with Gasteiger partial charge in [0.2, 0.25) is 5.91 Å². The molecule has 1 amide bonds. The fourth-order valence-electron chi connectivity index (χ4n) is 1.97. The van der Waals surface area contributed by atoms with Crippen LogP contribution in [0.5, 0.6) is 0 Å². The number of hydrogen-bond donors (Lipinski definition) is 1. The molecule has 7 heteroatoms. The Morgan fingerprint density at radius 1 is 1.22 bits per heavy atom. The first-order valence-corrected chi connectivity index (χ1v) is 9.35. The van der Waals surface area contributed by atoms with Crippen molar-refractivity contribution in [3.05, 3.63) is 66.1 Å². The van der Waals surface area contributed by atoms with E-state index < -0.39 is 10.0 Å². The van der Waals surface area contributed by atoms with Crippen molar-refractivity contribution >= 4 is 27.3 Å². The number of nitrogens with zero attached hydrogens (tertiary/aromatic N) is 1. The van der Waals surface area contributed by atoms with E-state index in [4.69, 9.17) is 0 Å². The van der Waals surface area contributed by atoms with Crippen LogP contribution in [0, 0.1) is 0 Å². The number of carbonyl (C=O) groups excluding carboxylic acids is 1. The standard InChI is InChI=1S/C16H18N2O3S2/c1-2-10-18(13-14-7-4-3-5-8-14)15(19)12-17-23(20,21)16-9-6-11-22-16/h2-9,11,17H,1,10,12-13H2. The minimum atomic E-state index is -3.64. The van der Waals surface area contributed by atoms with Crippen molar-refractivity contribution in [1.29, 1.82) is 0 Å². The van der Waals surface area contributed by atoms with Crippen LogP contribution in [0.3, 0.4) is 0 Å². The maximum absolute atomic E-state index is 12.3. The lowest BCUT2D eigenvalue weighted by molar-refractivity contribution is -0.130. The third kappa shape index (κ3) is 5.02. The Labute approximate surface area is 140 Å². The van der Waals surface area contributed by atoms with Crippen LogP contribution in [-0.4, -0.2) is 32.3 Å². The zero-order valence-corrected chi connectivity index (χ0v) is 14.1. The van der Waals surface area contributed by atoms with Crippen LogP contribution >= 0.6 is 11.3 Å². The molecule has 0 spiro atoms. The summed E-state index contributed by atoms with van der Waals surface area (Å²) in [6.07, 6.45) is 1.62. The first-order valence-electron chi connectivity index (χ1n) is 6.98. The molecule has 1 N–H and O–H groups in total. The summed E-state index contributed by atoms with van der Waals surface area (Å²) in [4.78, 5) is 13.9. The molecule has 0 unspecified atom stereocenters. The van der Waals surface area contributed by atoms with Crippen molar-refractivity contribution in [1.82, 2.24) is 9.62 Å². The van der Waals surface area contributed by atoms with Crippen LogP contribution < -0.4 is 4.72 Å². The number of carbonyl (C=O) groups is 1. The average Bonchev–Trinajstić information content (AvgIpc) is 3.09. The zero-order chi connectivity index (χ0) is 16.7. The van der Waals surface area contributed by atoms with Crippen molar-refractivity contribution in [3.63, 3.8) is 0 Å². The minimum Gasteiger partial charge on any atom is -0.334 e. The van der Waals surface area contributed by atoms with Gasteiger partial charge in [-0.1, -0.05) is 42.5 Å². The van der Waals surface area contributed by atoms with E-state index in [0.29, 0.717) is 13.1 Å². The van der Waals surface area contributed by atoms with E-state index in [-0.39, 0.29) is 16.7 Å². The molecule has 2 rings (SSSR count). The van der Waals surface area contributed by atoms with Gasteiger partial charge in [-0.25, -0.2) is 13.1 Å². The van der Waals surface area contributed by atoms with Crippen LogP contribution in [0.25, 0.3) is 0 Å². The summed E-state index contributed by atoms with van der Waals surface area (Å²) in [6, 6.07) is 12.7. The molecule has 2 aromatic rings. The summed E-state index contributed by atoms with van der Waals surface area (Å²) in [5.74, 6) is -0.297. The number of hydrogen-bond acceptors (Lipinski definition) is 4. The summed E-state index contributed by atoms with van der Waals surface area (Å²) < 4.78 is 26.6. The molecular weight excluding hydrogens is 332 g/mol. The van der Waals surface area contributed by atoms with Gasteiger partial charge in [0.25, 0.3) is 10.0 Å². The Bertz CT molecular complexity index is 741. The number of nitrogens with one attached hydrogen (secondary N) is 1. The van der Waals surface area contributed by atoms with E-state index in [1.54, 1.807) is 22.4 Å². The van der Waals surface area contributed by atoms with E-state index in [1.807, 2.05) is 30.3 Å². The Morgan fingerprint density at radius 2 is 1.96 bits per heavy atom. The van der Waals surface area contributed by atoms with Gasteiger partial charge >= 0.3 is 0 Å². The Hall–Kier alpha value is -1.96. The highest BCUT2D eigenvalue weighted by Crippen LogP contribution is 2.15. The van der Waals surface area contributed by atoms with Crippen LogP contribution in [-0.2, 0) is 21.4 Å². The van der Waals surface area contributed by atoms with Crippen molar-refractivity contribution in [3.8, 4) is 0 Å². The Kier molecular flexibility index (Phi) is 6.09. The number of thiophene rings is 1. The topological polar surface area (TPSA) is 66.5 Å². The second-order valence-electron chi connectivity index (χ2n) is 4.81. The van der Waals surface area contributed by atoms with Crippen LogP contribution in [0.15, 0.2) is 64.7 Å². The molecule has 1 aromatic carbocycles. The molecule has 0 saturated carbocycles. The van der Waals surface area contributed by atoms with Gasteiger partial charge in [0, 0.05) is 13.1 Å². The normalized spacial score (nSPS) is 11.1. The lowest BCUT2D eigenvalue weighted by Gasteiger charge is -2.21. The quantitative estimate of drug-likeness (QED) is 0.743. The summed E-state index contributed by atoms with van der Waals surface area (Å²) in [5, 5.41) is 1.68. The van der Waals surface area contributed by atoms with Gasteiger partial charge in [0.1, 0.15) is 4.21 Å². The lowest BCUT2D eigenvalue weighted by Crippen LogP contribution is -2.39. The van der Waals surface area contributed by atoms with Gasteiger partial charge < -0.3 is 4.90 Å². The van der Waals surface area contributed by atoms with E-state index in [0.717, 1.165) is 16.9 Å². The van der Waals surface area contributed by atoms with E-state index in [1.165, 1.54) is 6.07 Å². The summed E-state index contributed by atoms with van der Waals surface area (Å²) in [6.45, 7) is 4.13. The molecule has 0 aliphatic heterocycles. The molecule has 1 aromatic heterocycles. The summed E-state index contributed by atoms with van der Waals surface area (Å²) >= 11 is 1.11. The van der Waals surface area contributed by atoms with Crippen molar-refractivity contribution in [2.75, 3.05) is 13.1 Å². The van der Waals surface area contributed by atoms with Gasteiger partial charge in [-0.05, 0) is 17.0 Å². The third-order valence-electron chi connectivity index (χ3n) is 3.09. The van der Waals surface area contributed by atoms with Crippen molar-refractivity contribution in [2.45, 2.75) is 10.8 Å². The number of amides is 1.